The van der Waals surface area contributed by atoms with Crippen LogP contribution in [0.4, 0.5) is 0 Å². The van der Waals surface area contributed by atoms with Crippen molar-refractivity contribution in [2.75, 3.05) is 20.8 Å². The molecule has 0 aliphatic heterocycles. The van der Waals surface area contributed by atoms with Gasteiger partial charge in [-0.3, -0.25) is 0 Å². The molecule has 0 amide bonds. The Morgan fingerprint density at radius 1 is 1.31 bits per heavy atom. The number of rotatable bonds is 5. The predicted octanol–water partition coefficient (Wildman–Crippen LogP) is 1.92. The van der Waals surface area contributed by atoms with Crippen LogP contribution < -0.4 is 15.2 Å². The zero-order chi connectivity index (χ0) is 12.0. The fourth-order valence-electron chi connectivity index (χ4n) is 1.44. The van der Waals surface area contributed by atoms with Gasteiger partial charge in [-0.2, -0.15) is 0 Å². The molecule has 1 aromatic rings. The summed E-state index contributed by atoms with van der Waals surface area (Å²) in [4.78, 5) is 0. The molecule has 3 heteroatoms. The van der Waals surface area contributed by atoms with Crippen LogP contribution in [0.5, 0.6) is 11.5 Å². The van der Waals surface area contributed by atoms with E-state index >= 15 is 0 Å². The van der Waals surface area contributed by atoms with Gasteiger partial charge in [-0.05, 0) is 23.3 Å². The van der Waals surface area contributed by atoms with Crippen molar-refractivity contribution in [3.63, 3.8) is 0 Å². The van der Waals surface area contributed by atoms with E-state index in [0.29, 0.717) is 6.54 Å². The molecule has 0 aromatic heterocycles. The molecular weight excluding hydrogens is 202 g/mol. The summed E-state index contributed by atoms with van der Waals surface area (Å²) in [5.41, 5.74) is 10.5. The van der Waals surface area contributed by atoms with Crippen molar-refractivity contribution in [3.05, 3.63) is 41.6 Å². The van der Waals surface area contributed by atoms with E-state index in [9.17, 15) is 0 Å². The molecule has 0 aliphatic carbocycles. The molecule has 0 radical (unpaired) electrons. The quantitative estimate of drug-likeness (QED) is 0.769. The molecule has 0 saturated heterocycles. The lowest BCUT2D eigenvalue weighted by Crippen LogP contribution is -2.05. The molecule has 0 spiro atoms. The minimum atomic E-state index is 0.470. The third kappa shape index (κ3) is 2.89. The lowest BCUT2D eigenvalue weighted by Gasteiger charge is -2.09. The molecule has 0 unspecified atom stereocenters. The van der Waals surface area contributed by atoms with E-state index in [2.05, 4.69) is 12.3 Å². The maximum absolute atomic E-state index is 5.56. The summed E-state index contributed by atoms with van der Waals surface area (Å²) in [7, 11) is 3.24. The minimum absolute atomic E-state index is 0.470. The number of hydrogen-bond acceptors (Lipinski definition) is 3. The highest BCUT2D eigenvalue weighted by molar-refractivity contribution is 5.43. The van der Waals surface area contributed by atoms with Crippen LogP contribution in [0.2, 0.25) is 0 Å². The summed E-state index contributed by atoms with van der Waals surface area (Å²) in [5, 5.41) is 0. The normalized spacial score (nSPS) is 9.44. The number of nitrogens with two attached hydrogens (primary N) is 1. The number of benzene rings is 1. The van der Waals surface area contributed by atoms with Gasteiger partial charge < -0.3 is 15.2 Å². The highest BCUT2D eigenvalue weighted by Gasteiger charge is 2.05. The van der Waals surface area contributed by atoms with Crippen LogP contribution in [0.3, 0.4) is 0 Å². The molecule has 1 rings (SSSR count). The van der Waals surface area contributed by atoms with Crippen molar-refractivity contribution in [3.8, 4) is 11.5 Å². The lowest BCUT2D eigenvalue weighted by molar-refractivity contribution is 0.354. The monoisotopic (exact) mass is 219 g/mol. The number of hydrogen-bond donors (Lipinski definition) is 1. The van der Waals surface area contributed by atoms with E-state index in [-0.39, 0.29) is 0 Å². The van der Waals surface area contributed by atoms with Crippen LogP contribution in [0.25, 0.3) is 0 Å². The van der Waals surface area contributed by atoms with Crippen LogP contribution >= 0.6 is 0 Å². The third-order valence-electron chi connectivity index (χ3n) is 2.36. The van der Waals surface area contributed by atoms with Gasteiger partial charge in [0.15, 0.2) is 11.5 Å². The Bertz CT molecular complexity index is 406. The Morgan fingerprint density at radius 3 is 2.50 bits per heavy atom. The van der Waals surface area contributed by atoms with Crippen molar-refractivity contribution in [1.82, 2.24) is 0 Å². The Labute approximate surface area is 96.2 Å². The first-order valence-electron chi connectivity index (χ1n) is 5.04. The SMILES string of the molecule is C=C=C(CN)Cc1ccc(OC)c(OC)c1. The van der Waals surface area contributed by atoms with Gasteiger partial charge in [0.1, 0.15) is 0 Å². The average molecular weight is 219 g/mol. The van der Waals surface area contributed by atoms with Crippen LogP contribution in [-0.2, 0) is 6.42 Å². The van der Waals surface area contributed by atoms with Gasteiger partial charge in [0.05, 0.1) is 14.2 Å². The fraction of sp³-hybridized carbons (Fsp3) is 0.308. The lowest BCUT2D eigenvalue weighted by atomic mass is 10.1. The van der Waals surface area contributed by atoms with Gasteiger partial charge in [-0.25, -0.2) is 0 Å². The Kier molecular flexibility index (Phi) is 4.65. The van der Waals surface area contributed by atoms with Gasteiger partial charge in [0.2, 0.25) is 0 Å². The van der Waals surface area contributed by atoms with Gasteiger partial charge in [-0.15, -0.1) is 5.73 Å². The first-order valence-corrected chi connectivity index (χ1v) is 5.04. The Balaban J connectivity index is 2.95. The zero-order valence-electron chi connectivity index (χ0n) is 9.75. The molecular formula is C13H17NO2. The summed E-state index contributed by atoms with van der Waals surface area (Å²) >= 11 is 0. The average Bonchev–Trinajstić information content (AvgIpc) is 2.35. The molecule has 0 heterocycles. The van der Waals surface area contributed by atoms with Gasteiger partial charge in [-0.1, -0.05) is 12.6 Å². The summed E-state index contributed by atoms with van der Waals surface area (Å²) in [6.07, 6.45) is 0.736. The first kappa shape index (κ1) is 12.4. The van der Waals surface area contributed by atoms with Crippen molar-refractivity contribution in [1.29, 1.82) is 0 Å². The second kappa shape index (κ2) is 6.01. The van der Waals surface area contributed by atoms with Gasteiger partial charge >= 0.3 is 0 Å². The number of ether oxygens (including phenoxy) is 2. The van der Waals surface area contributed by atoms with E-state index in [1.54, 1.807) is 14.2 Å². The maximum Gasteiger partial charge on any atom is 0.160 e. The molecule has 0 fully saturated rings. The molecule has 2 N–H and O–H groups in total. The molecule has 0 saturated carbocycles. The van der Waals surface area contributed by atoms with E-state index in [1.165, 1.54) is 0 Å². The standard InChI is InChI=1S/C13H17NO2/c1-4-10(9-14)7-11-5-6-12(15-2)13(8-11)16-3/h5-6,8H,1,7,9,14H2,2-3H3. The third-order valence-corrected chi connectivity index (χ3v) is 2.36. The van der Waals surface area contributed by atoms with Crippen molar-refractivity contribution in [2.45, 2.75) is 6.42 Å². The fourth-order valence-corrected chi connectivity index (χ4v) is 1.44. The molecule has 16 heavy (non-hydrogen) atoms. The van der Waals surface area contributed by atoms with Crippen LogP contribution in [-0.4, -0.2) is 20.8 Å². The molecule has 3 nitrogen and oxygen atoms in total. The second-order valence-electron chi connectivity index (χ2n) is 3.35. The number of methoxy groups -OCH3 is 2. The summed E-state index contributed by atoms with van der Waals surface area (Å²) in [6.45, 7) is 4.08. The zero-order valence-corrected chi connectivity index (χ0v) is 9.75. The predicted molar refractivity (Wildman–Crippen MR) is 65.0 cm³/mol. The Hall–Kier alpha value is -1.70. The van der Waals surface area contributed by atoms with Crippen molar-refractivity contribution >= 4 is 0 Å². The summed E-state index contributed by atoms with van der Waals surface area (Å²) in [5.74, 6) is 1.45. The second-order valence-corrected chi connectivity index (χ2v) is 3.35. The van der Waals surface area contributed by atoms with Crippen molar-refractivity contribution < 1.29 is 9.47 Å². The summed E-state index contributed by atoms with van der Waals surface area (Å²) < 4.78 is 10.4. The van der Waals surface area contributed by atoms with E-state index in [1.807, 2.05) is 18.2 Å². The first-order chi connectivity index (χ1) is 7.74. The van der Waals surface area contributed by atoms with Crippen molar-refractivity contribution in [2.24, 2.45) is 5.73 Å². The molecule has 86 valence electrons. The van der Waals surface area contributed by atoms with E-state index in [4.69, 9.17) is 15.2 Å². The molecule has 0 bridgehead atoms. The van der Waals surface area contributed by atoms with E-state index in [0.717, 1.165) is 29.1 Å². The summed E-state index contributed by atoms with van der Waals surface area (Å²) in [6, 6.07) is 5.80. The molecule has 0 aliphatic rings. The molecule has 1 aromatic carbocycles. The van der Waals surface area contributed by atoms with E-state index < -0.39 is 0 Å². The highest BCUT2D eigenvalue weighted by atomic mass is 16.5. The highest BCUT2D eigenvalue weighted by Crippen LogP contribution is 2.28. The van der Waals surface area contributed by atoms with Crippen LogP contribution in [0, 0.1) is 0 Å². The minimum Gasteiger partial charge on any atom is -0.493 e. The van der Waals surface area contributed by atoms with Crippen LogP contribution in [0.1, 0.15) is 5.56 Å². The largest absolute Gasteiger partial charge is 0.493 e. The van der Waals surface area contributed by atoms with Gasteiger partial charge in [0.25, 0.3) is 0 Å². The topological polar surface area (TPSA) is 44.5 Å². The van der Waals surface area contributed by atoms with Crippen LogP contribution in [0.15, 0.2) is 36.1 Å². The smallest absolute Gasteiger partial charge is 0.160 e. The maximum atomic E-state index is 5.56. The molecule has 0 atom stereocenters. The van der Waals surface area contributed by atoms with Gasteiger partial charge in [0, 0.05) is 13.0 Å². The Morgan fingerprint density at radius 2 is 2.00 bits per heavy atom.